The van der Waals surface area contributed by atoms with Crippen molar-refractivity contribution in [3.8, 4) is 5.75 Å². The Hall–Kier alpha value is -4.17. The van der Waals surface area contributed by atoms with Crippen molar-refractivity contribution >= 4 is 46.2 Å². The normalized spacial score (nSPS) is 11.9. The van der Waals surface area contributed by atoms with Gasteiger partial charge in [0.25, 0.3) is 5.91 Å². The molecule has 3 N–H and O–H groups in total. The minimum absolute atomic E-state index is 0.150. The van der Waals surface area contributed by atoms with Gasteiger partial charge in [0.05, 0.1) is 16.8 Å². The highest BCUT2D eigenvalue weighted by Crippen LogP contribution is 2.24. The van der Waals surface area contributed by atoms with Crippen LogP contribution in [0.1, 0.15) is 27.2 Å². The number of amides is 1. The van der Waals surface area contributed by atoms with Gasteiger partial charge in [-0.25, -0.2) is 4.98 Å². The zero-order valence-corrected chi connectivity index (χ0v) is 20.3. The second kappa shape index (κ2) is 11.3. The van der Waals surface area contributed by atoms with Crippen LogP contribution in [0.3, 0.4) is 0 Å². The smallest absolute Gasteiger partial charge is 0.263 e. The lowest BCUT2D eigenvalue weighted by molar-refractivity contribution is 0.0981. The summed E-state index contributed by atoms with van der Waals surface area (Å²) >= 11 is 1.24. The predicted octanol–water partition coefficient (Wildman–Crippen LogP) is 4.74. The van der Waals surface area contributed by atoms with Crippen LogP contribution < -0.4 is 15.2 Å². The van der Waals surface area contributed by atoms with Crippen molar-refractivity contribution in [3.05, 3.63) is 102 Å². The van der Waals surface area contributed by atoms with Gasteiger partial charge in [0.1, 0.15) is 12.4 Å². The molecule has 4 rings (SSSR count). The zero-order chi connectivity index (χ0) is 24.6. The van der Waals surface area contributed by atoms with E-state index in [1.54, 1.807) is 31.9 Å². The Kier molecular flexibility index (Phi) is 7.74. The summed E-state index contributed by atoms with van der Waals surface area (Å²) in [7, 11) is 1.71. The van der Waals surface area contributed by atoms with Crippen molar-refractivity contribution in [2.75, 3.05) is 13.3 Å². The molecule has 2 aromatic heterocycles. The summed E-state index contributed by atoms with van der Waals surface area (Å²) in [6.07, 6.45) is 6.98. The Labute approximate surface area is 208 Å². The second-order valence-electron chi connectivity index (χ2n) is 7.57. The third-order valence-electron chi connectivity index (χ3n) is 5.32. The molecule has 0 bridgehead atoms. The van der Waals surface area contributed by atoms with E-state index in [9.17, 15) is 4.79 Å². The van der Waals surface area contributed by atoms with E-state index in [2.05, 4.69) is 19.7 Å². The molecule has 0 aliphatic rings. The first-order valence-electron chi connectivity index (χ1n) is 10.9. The summed E-state index contributed by atoms with van der Waals surface area (Å²) in [4.78, 5) is 25.5. The first-order valence-corrected chi connectivity index (χ1v) is 12.1. The summed E-state index contributed by atoms with van der Waals surface area (Å²) < 4.78 is 8.76. The van der Waals surface area contributed by atoms with E-state index in [1.807, 2.05) is 66.7 Å². The number of nitrogens with zero attached hydrogens (tertiary/aromatic N) is 3. The average Bonchev–Trinajstić information content (AvgIpc) is 2.90. The third kappa shape index (κ3) is 5.67. The molecule has 0 aliphatic carbocycles. The van der Waals surface area contributed by atoms with Gasteiger partial charge in [-0.1, -0.05) is 30.1 Å². The molecule has 35 heavy (non-hydrogen) atoms. The molecular formula is C27H25N5O2S. The summed E-state index contributed by atoms with van der Waals surface area (Å²) in [5.74, 6) is 0.436. The number of para-hydroxylation sites is 1. The fourth-order valence-electron chi connectivity index (χ4n) is 3.61. The van der Waals surface area contributed by atoms with Gasteiger partial charge in [-0.3, -0.25) is 19.5 Å². The van der Waals surface area contributed by atoms with Crippen LogP contribution in [0.5, 0.6) is 5.75 Å². The number of carbonyl (C=O) groups excluding carboxylic acids is 1. The third-order valence-corrected chi connectivity index (χ3v) is 5.71. The van der Waals surface area contributed by atoms with Crippen molar-refractivity contribution in [2.24, 2.45) is 10.7 Å². The Morgan fingerprint density at radius 3 is 2.54 bits per heavy atom. The summed E-state index contributed by atoms with van der Waals surface area (Å²) in [5.41, 5.74) is 11.5. The van der Waals surface area contributed by atoms with Crippen LogP contribution in [-0.2, 0) is 6.61 Å². The van der Waals surface area contributed by atoms with Crippen LogP contribution in [0.15, 0.2) is 84.1 Å². The van der Waals surface area contributed by atoms with E-state index >= 15 is 0 Å². The maximum Gasteiger partial charge on any atom is 0.263 e. The highest BCUT2D eigenvalue weighted by atomic mass is 32.2. The molecule has 0 spiro atoms. The van der Waals surface area contributed by atoms with Crippen molar-refractivity contribution in [1.29, 1.82) is 0 Å². The maximum atomic E-state index is 12.6. The van der Waals surface area contributed by atoms with Crippen LogP contribution in [-0.4, -0.2) is 35.4 Å². The number of nitrogens with two attached hydrogens (primary N) is 1. The van der Waals surface area contributed by atoms with Crippen molar-refractivity contribution in [2.45, 2.75) is 6.61 Å². The molecule has 8 heteroatoms. The van der Waals surface area contributed by atoms with E-state index in [0.29, 0.717) is 22.7 Å². The fraction of sp³-hybridized carbons (Fsp3) is 0.111. The molecule has 0 saturated carbocycles. The molecule has 176 valence electrons. The summed E-state index contributed by atoms with van der Waals surface area (Å²) in [6.45, 7) is 0.150. The molecule has 2 heterocycles. The van der Waals surface area contributed by atoms with Crippen molar-refractivity contribution in [3.63, 3.8) is 0 Å². The lowest BCUT2D eigenvalue weighted by Gasteiger charge is -2.13. The van der Waals surface area contributed by atoms with Crippen LogP contribution in [0.25, 0.3) is 22.2 Å². The SMILES string of the molecule is CN=C/C(=C(\N)c1ccc(OCc2nc3ccccc3cc2C(=O)NSC)cc1)c1ccncc1. The number of rotatable bonds is 8. The number of pyridine rings is 2. The molecule has 0 saturated heterocycles. The fourth-order valence-corrected chi connectivity index (χ4v) is 3.90. The Bertz CT molecular complexity index is 1390. The quantitative estimate of drug-likeness (QED) is 0.277. The highest BCUT2D eigenvalue weighted by Gasteiger charge is 2.15. The molecule has 0 radical (unpaired) electrons. The molecular weight excluding hydrogens is 458 g/mol. The summed E-state index contributed by atoms with van der Waals surface area (Å²) in [5, 5.41) is 0.898. The molecule has 7 nitrogen and oxygen atoms in total. The lowest BCUT2D eigenvalue weighted by Crippen LogP contribution is -2.19. The van der Waals surface area contributed by atoms with E-state index in [4.69, 9.17) is 10.5 Å². The van der Waals surface area contributed by atoms with Crippen LogP contribution in [0.4, 0.5) is 0 Å². The van der Waals surface area contributed by atoms with E-state index in [0.717, 1.165) is 27.6 Å². The number of fused-ring (bicyclic) bond motifs is 1. The number of benzene rings is 2. The van der Waals surface area contributed by atoms with Gasteiger partial charge in [-0.2, -0.15) is 0 Å². The first-order chi connectivity index (χ1) is 17.1. The van der Waals surface area contributed by atoms with E-state index < -0.39 is 0 Å². The molecule has 0 fully saturated rings. The number of aliphatic imine (C=N–C) groups is 1. The predicted molar refractivity (Wildman–Crippen MR) is 143 cm³/mol. The standard InChI is InChI=1S/C27H25N5O2S/c1-29-16-23(18-11-13-30-14-12-18)26(28)19-7-9-21(10-8-19)34-17-25-22(27(33)32-35-2)15-20-5-3-4-6-24(20)31-25/h3-16H,17,28H2,1-2H3,(H,32,33)/b26-23+,29-16?. The zero-order valence-electron chi connectivity index (χ0n) is 19.4. The number of aromatic nitrogens is 2. The lowest BCUT2D eigenvalue weighted by atomic mass is 10.0. The number of hydrogen-bond donors (Lipinski definition) is 2. The minimum atomic E-state index is -0.205. The van der Waals surface area contributed by atoms with E-state index in [-0.39, 0.29) is 12.5 Å². The number of hydrogen-bond acceptors (Lipinski definition) is 7. The van der Waals surface area contributed by atoms with Crippen LogP contribution in [0.2, 0.25) is 0 Å². The monoisotopic (exact) mass is 483 g/mol. The van der Waals surface area contributed by atoms with Gasteiger partial charge in [0, 0.05) is 48.6 Å². The van der Waals surface area contributed by atoms with Crippen LogP contribution in [0, 0.1) is 0 Å². The second-order valence-corrected chi connectivity index (χ2v) is 8.19. The number of carbonyl (C=O) groups is 1. The average molecular weight is 484 g/mol. The van der Waals surface area contributed by atoms with Gasteiger partial charge in [-0.15, -0.1) is 0 Å². The minimum Gasteiger partial charge on any atom is -0.487 e. The Morgan fingerprint density at radius 1 is 1.09 bits per heavy atom. The van der Waals surface area contributed by atoms with E-state index in [1.165, 1.54) is 11.9 Å². The molecule has 0 aliphatic heterocycles. The molecule has 4 aromatic rings. The first kappa shape index (κ1) is 24.0. The maximum absolute atomic E-state index is 12.6. The molecule has 0 unspecified atom stereocenters. The van der Waals surface area contributed by atoms with Crippen LogP contribution >= 0.6 is 11.9 Å². The molecule has 1 amide bonds. The van der Waals surface area contributed by atoms with Crippen molar-refractivity contribution < 1.29 is 9.53 Å². The summed E-state index contributed by atoms with van der Waals surface area (Å²) in [6, 6.07) is 20.8. The van der Waals surface area contributed by atoms with Gasteiger partial charge in [-0.05, 0) is 59.7 Å². The van der Waals surface area contributed by atoms with Gasteiger partial charge in [0.15, 0.2) is 0 Å². The number of nitrogens with one attached hydrogen (secondary N) is 1. The topological polar surface area (TPSA) is 102 Å². The number of allylic oxidation sites excluding steroid dienone is 1. The highest BCUT2D eigenvalue weighted by molar-refractivity contribution is 7.97. The molecule has 0 atom stereocenters. The molecule has 2 aromatic carbocycles. The number of ether oxygens (including phenoxy) is 1. The Morgan fingerprint density at radius 2 is 1.83 bits per heavy atom. The van der Waals surface area contributed by atoms with Gasteiger partial charge >= 0.3 is 0 Å². The van der Waals surface area contributed by atoms with Gasteiger partial charge in [0.2, 0.25) is 0 Å². The Balaban J connectivity index is 1.58. The van der Waals surface area contributed by atoms with Crippen molar-refractivity contribution in [1.82, 2.24) is 14.7 Å². The largest absolute Gasteiger partial charge is 0.487 e. The van der Waals surface area contributed by atoms with Gasteiger partial charge < -0.3 is 10.5 Å².